The van der Waals surface area contributed by atoms with Gasteiger partial charge in [-0.15, -0.1) is 0 Å². The first-order chi connectivity index (χ1) is 14.5. The van der Waals surface area contributed by atoms with Gasteiger partial charge in [-0.05, 0) is 42.7 Å². The lowest BCUT2D eigenvalue weighted by Crippen LogP contribution is -2.59. The Labute approximate surface area is 174 Å². The third-order valence-electron chi connectivity index (χ3n) is 6.44. The molecule has 2 saturated heterocycles. The van der Waals surface area contributed by atoms with Gasteiger partial charge in [0.25, 0.3) is 5.91 Å². The molecule has 0 aliphatic carbocycles. The smallest absolute Gasteiger partial charge is 0.255 e. The normalized spacial score (nSPS) is 24.4. The van der Waals surface area contributed by atoms with Gasteiger partial charge in [0.1, 0.15) is 11.5 Å². The van der Waals surface area contributed by atoms with Crippen LogP contribution in [0.25, 0.3) is 0 Å². The SMILES string of the molecule is O=C1NC2(COC3(CCN(C(=O)Cc4ccc(F)cc4)CC3)C2)Nc2ccccc21. The van der Waals surface area contributed by atoms with Crippen LogP contribution in [0, 0.1) is 5.82 Å². The zero-order valence-corrected chi connectivity index (χ0v) is 16.6. The van der Waals surface area contributed by atoms with Crippen molar-refractivity contribution in [2.45, 2.75) is 36.9 Å². The summed E-state index contributed by atoms with van der Waals surface area (Å²) in [4.78, 5) is 27.1. The summed E-state index contributed by atoms with van der Waals surface area (Å²) in [7, 11) is 0. The number of amides is 2. The van der Waals surface area contributed by atoms with E-state index >= 15 is 0 Å². The molecule has 2 amide bonds. The Morgan fingerprint density at radius 3 is 2.57 bits per heavy atom. The van der Waals surface area contributed by atoms with Crippen molar-refractivity contribution in [2.24, 2.45) is 0 Å². The average Bonchev–Trinajstić information content (AvgIpc) is 3.07. The van der Waals surface area contributed by atoms with E-state index in [9.17, 15) is 14.0 Å². The minimum atomic E-state index is -0.605. The highest BCUT2D eigenvalue weighted by Gasteiger charge is 2.53. The number of benzene rings is 2. The molecule has 2 aromatic rings. The van der Waals surface area contributed by atoms with Crippen LogP contribution in [-0.4, -0.2) is 47.7 Å². The number of carbonyl (C=O) groups is 2. The molecule has 3 aliphatic heterocycles. The van der Waals surface area contributed by atoms with Crippen LogP contribution in [0.2, 0.25) is 0 Å². The molecule has 6 nitrogen and oxygen atoms in total. The second-order valence-electron chi connectivity index (χ2n) is 8.54. The molecule has 2 spiro atoms. The van der Waals surface area contributed by atoms with Gasteiger partial charge < -0.3 is 20.3 Å². The van der Waals surface area contributed by atoms with E-state index in [1.54, 1.807) is 18.2 Å². The van der Waals surface area contributed by atoms with Gasteiger partial charge in [-0.1, -0.05) is 24.3 Å². The van der Waals surface area contributed by atoms with Crippen molar-refractivity contribution in [2.75, 3.05) is 25.0 Å². The monoisotopic (exact) mass is 409 g/mol. The predicted octanol–water partition coefficient (Wildman–Crippen LogP) is 2.70. The van der Waals surface area contributed by atoms with Crippen molar-refractivity contribution in [3.8, 4) is 0 Å². The number of anilines is 1. The molecule has 0 radical (unpaired) electrons. The number of carbonyl (C=O) groups excluding carboxylic acids is 2. The third-order valence-corrected chi connectivity index (χ3v) is 6.44. The van der Waals surface area contributed by atoms with Crippen molar-refractivity contribution < 1.29 is 18.7 Å². The van der Waals surface area contributed by atoms with E-state index in [4.69, 9.17) is 4.74 Å². The minimum absolute atomic E-state index is 0.0437. The number of fused-ring (bicyclic) bond motifs is 1. The van der Waals surface area contributed by atoms with Gasteiger partial charge in [-0.2, -0.15) is 0 Å². The van der Waals surface area contributed by atoms with Crippen molar-refractivity contribution in [1.29, 1.82) is 0 Å². The summed E-state index contributed by atoms with van der Waals surface area (Å²) in [6.45, 7) is 1.62. The molecule has 0 aromatic heterocycles. The van der Waals surface area contributed by atoms with Gasteiger partial charge in [0.2, 0.25) is 5.91 Å². The molecule has 7 heteroatoms. The molecule has 156 valence electrons. The second-order valence-corrected chi connectivity index (χ2v) is 8.54. The van der Waals surface area contributed by atoms with Gasteiger partial charge in [-0.25, -0.2) is 4.39 Å². The number of halogens is 1. The van der Waals surface area contributed by atoms with Gasteiger partial charge in [-0.3, -0.25) is 9.59 Å². The summed E-state index contributed by atoms with van der Waals surface area (Å²) in [5.41, 5.74) is 1.33. The average molecular weight is 409 g/mol. The third kappa shape index (κ3) is 3.43. The summed E-state index contributed by atoms with van der Waals surface area (Å²) in [6.07, 6.45) is 2.39. The Kier molecular flexibility index (Phi) is 4.50. The molecule has 5 rings (SSSR count). The molecule has 30 heavy (non-hydrogen) atoms. The Bertz CT molecular complexity index is 985. The molecule has 0 saturated carbocycles. The maximum Gasteiger partial charge on any atom is 0.255 e. The van der Waals surface area contributed by atoms with Gasteiger partial charge in [0, 0.05) is 25.2 Å². The fraction of sp³-hybridized carbons (Fsp3) is 0.391. The Morgan fingerprint density at radius 2 is 1.80 bits per heavy atom. The highest BCUT2D eigenvalue weighted by atomic mass is 19.1. The molecule has 2 fully saturated rings. The number of hydrogen-bond acceptors (Lipinski definition) is 4. The minimum Gasteiger partial charge on any atom is -0.370 e. The molecule has 2 aromatic carbocycles. The lowest BCUT2D eigenvalue weighted by molar-refractivity contribution is -0.135. The van der Waals surface area contributed by atoms with Crippen LogP contribution in [0.4, 0.5) is 10.1 Å². The van der Waals surface area contributed by atoms with Crippen molar-refractivity contribution in [3.05, 3.63) is 65.5 Å². The number of piperidine rings is 1. The summed E-state index contributed by atoms with van der Waals surface area (Å²) >= 11 is 0. The van der Waals surface area contributed by atoms with Crippen LogP contribution in [0.1, 0.15) is 35.2 Å². The first-order valence-corrected chi connectivity index (χ1v) is 10.3. The largest absolute Gasteiger partial charge is 0.370 e. The first-order valence-electron chi connectivity index (χ1n) is 10.3. The number of ether oxygens (including phenoxy) is 1. The molecule has 3 aliphatic rings. The first kappa shape index (κ1) is 19.1. The zero-order chi connectivity index (χ0) is 20.8. The van der Waals surface area contributed by atoms with Gasteiger partial charge in [0.05, 0.1) is 24.2 Å². The lowest BCUT2D eigenvalue weighted by Gasteiger charge is -2.41. The topological polar surface area (TPSA) is 70.7 Å². The van der Waals surface area contributed by atoms with E-state index in [-0.39, 0.29) is 29.7 Å². The quantitative estimate of drug-likeness (QED) is 0.800. The van der Waals surface area contributed by atoms with Crippen molar-refractivity contribution in [3.63, 3.8) is 0 Å². The van der Waals surface area contributed by atoms with Crippen LogP contribution in [0.15, 0.2) is 48.5 Å². The number of nitrogens with one attached hydrogen (secondary N) is 2. The molecule has 1 atom stereocenters. The fourth-order valence-electron chi connectivity index (χ4n) is 4.83. The highest BCUT2D eigenvalue weighted by Crippen LogP contribution is 2.42. The summed E-state index contributed by atoms with van der Waals surface area (Å²) < 4.78 is 19.3. The van der Waals surface area contributed by atoms with E-state index in [0.717, 1.165) is 24.1 Å². The lowest BCUT2D eigenvalue weighted by atomic mass is 9.84. The molecular weight excluding hydrogens is 385 g/mol. The van der Waals surface area contributed by atoms with E-state index in [1.165, 1.54) is 12.1 Å². The summed E-state index contributed by atoms with van der Waals surface area (Å²) in [5, 5.41) is 6.58. The van der Waals surface area contributed by atoms with Crippen LogP contribution < -0.4 is 10.6 Å². The number of likely N-dealkylation sites (tertiary alicyclic amines) is 1. The van der Waals surface area contributed by atoms with Crippen molar-refractivity contribution >= 4 is 17.5 Å². The molecule has 3 heterocycles. The van der Waals surface area contributed by atoms with Crippen LogP contribution in [0.5, 0.6) is 0 Å². The fourth-order valence-corrected chi connectivity index (χ4v) is 4.83. The number of para-hydroxylation sites is 1. The zero-order valence-electron chi connectivity index (χ0n) is 16.6. The van der Waals surface area contributed by atoms with E-state index < -0.39 is 5.66 Å². The van der Waals surface area contributed by atoms with Crippen LogP contribution >= 0.6 is 0 Å². The Balaban J connectivity index is 1.22. The molecular formula is C23H24FN3O3. The predicted molar refractivity (Wildman–Crippen MR) is 109 cm³/mol. The number of nitrogens with zero attached hydrogens (tertiary/aromatic N) is 1. The molecule has 0 bridgehead atoms. The Hall–Kier alpha value is -2.93. The van der Waals surface area contributed by atoms with Gasteiger partial charge >= 0.3 is 0 Å². The van der Waals surface area contributed by atoms with E-state index in [0.29, 0.717) is 31.7 Å². The van der Waals surface area contributed by atoms with Crippen LogP contribution in [0.3, 0.4) is 0 Å². The Morgan fingerprint density at radius 1 is 1.07 bits per heavy atom. The van der Waals surface area contributed by atoms with Crippen molar-refractivity contribution in [1.82, 2.24) is 10.2 Å². The highest BCUT2D eigenvalue weighted by molar-refractivity contribution is 6.02. The van der Waals surface area contributed by atoms with E-state index in [2.05, 4.69) is 10.6 Å². The maximum atomic E-state index is 13.1. The molecule has 1 unspecified atom stereocenters. The number of rotatable bonds is 2. The molecule has 2 N–H and O–H groups in total. The maximum absolute atomic E-state index is 13.1. The number of hydrogen-bond donors (Lipinski definition) is 2. The standard InChI is InChI=1S/C23H24FN3O3/c24-17-7-5-16(6-8-17)13-20(28)27-11-9-22(10-12-27)14-23(15-30-22)25-19-4-2-1-3-18(19)21(29)26-23/h1-8,25H,9-15H2,(H,26,29). The van der Waals surface area contributed by atoms with E-state index in [1.807, 2.05) is 23.1 Å². The second kappa shape index (κ2) is 7.09. The summed E-state index contributed by atoms with van der Waals surface area (Å²) in [5.74, 6) is -0.344. The van der Waals surface area contributed by atoms with Gasteiger partial charge in [0.15, 0.2) is 0 Å². The summed E-state index contributed by atoms with van der Waals surface area (Å²) in [6, 6.07) is 13.5. The van der Waals surface area contributed by atoms with Crippen LogP contribution in [-0.2, 0) is 16.0 Å².